The van der Waals surface area contributed by atoms with Crippen molar-refractivity contribution in [3.63, 3.8) is 0 Å². The fourth-order valence-electron chi connectivity index (χ4n) is 3.48. The van der Waals surface area contributed by atoms with Gasteiger partial charge in [0.25, 0.3) is 5.91 Å². The first-order valence-corrected chi connectivity index (χ1v) is 9.37. The van der Waals surface area contributed by atoms with E-state index < -0.39 is 0 Å². The molecule has 4 rings (SSSR count). The Hall–Kier alpha value is -2.88. The molecule has 0 bridgehead atoms. The van der Waals surface area contributed by atoms with Crippen LogP contribution in [0.1, 0.15) is 40.0 Å². The van der Waals surface area contributed by atoms with Crippen LogP contribution in [0.3, 0.4) is 0 Å². The Kier molecular flexibility index (Phi) is 4.56. The largest absolute Gasteiger partial charge is 0.497 e. The number of benzene rings is 2. The van der Waals surface area contributed by atoms with Crippen molar-refractivity contribution < 1.29 is 9.53 Å². The molecule has 0 unspecified atom stereocenters. The molecule has 1 fully saturated rings. The van der Waals surface area contributed by atoms with Crippen molar-refractivity contribution in [3.8, 4) is 5.75 Å². The van der Waals surface area contributed by atoms with E-state index in [0.717, 1.165) is 51.9 Å². The molecule has 0 spiro atoms. The molecular formula is C23H24N2O2. The summed E-state index contributed by atoms with van der Waals surface area (Å²) in [4.78, 5) is 20.1. The summed E-state index contributed by atoms with van der Waals surface area (Å²) in [6, 6.07) is 16.3. The van der Waals surface area contributed by atoms with Gasteiger partial charge in [0.1, 0.15) is 5.75 Å². The Bertz CT molecular complexity index is 991. The molecule has 27 heavy (non-hydrogen) atoms. The zero-order valence-electron chi connectivity index (χ0n) is 16.0. The molecule has 3 aromatic rings. The maximum Gasteiger partial charge on any atom is 0.255 e. The smallest absolute Gasteiger partial charge is 0.255 e. The molecule has 0 saturated heterocycles. The standard InChI is InChI=1S/C23H24N2O2/c1-15-4-11-22-20(12-15)21(13-16(2)24-22)23(26)25(18-7-8-18)14-17-5-9-19(27-3)10-6-17/h4-6,9-13,18H,7-8,14H2,1-3H3. The third-order valence-electron chi connectivity index (χ3n) is 5.08. The van der Waals surface area contributed by atoms with Crippen LogP contribution >= 0.6 is 0 Å². The summed E-state index contributed by atoms with van der Waals surface area (Å²) in [6.45, 7) is 4.60. The molecule has 0 radical (unpaired) electrons. The number of hydrogen-bond acceptors (Lipinski definition) is 3. The number of aromatic nitrogens is 1. The second-order valence-electron chi connectivity index (χ2n) is 7.34. The van der Waals surface area contributed by atoms with Crippen molar-refractivity contribution in [2.24, 2.45) is 0 Å². The first-order valence-electron chi connectivity index (χ1n) is 9.37. The van der Waals surface area contributed by atoms with E-state index in [0.29, 0.717) is 12.6 Å². The Balaban J connectivity index is 1.70. The SMILES string of the molecule is COc1ccc(CN(C(=O)c2cc(C)nc3ccc(C)cc23)C2CC2)cc1. The van der Waals surface area contributed by atoms with Crippen LogP contribution in [0.15, 0.2) is 48.5 Å². The number of carbonyl (C=O) groups excluding carboxylic acids is 1. The molecule has 0 atom stereocenters. The fraction of sp³-hybridized carbons (Fsp3) is 0.304. The summed E-state index contributed by atoms with van der Waals surface area (Å²) in [5.74, 6) is 0.920. The van der Waals surface area contributed by atoms with Crippen molar-refractivity contribution in [2.75, 3.05) is 7.11 Å². The molecule has 138 valence electrons. The van der Waals surface area contributed by atoms with E-state index in [4.69, 9.17) is 4.74 Å². The van der Waals surface area contributed by atoms with Gasteiger partial charge in [-0.15, -0.1) is 0 Å². The van der Waals surface area contributed by atoms with Crippen LogP contribution < -0.4 is 4.74 Å². The van der Waals surface area contributed by atoms with Crippen LogP contribution in [-0.2, 0) is 6.54 Å². The predicted octanol–water partition coefficient (Wildman–Crippen LogP) is 4.67. The zero-order valence-corrected chi connectivity index (χ0v) is 16.0. The molecule has 1 saturated carbocycles. The van der Waals surface area contributed by atoms with E-state index >= 15 is 0 Å². The van der Waals surface area contributed by atoms with Gasteiger partial charge >= 0.3 is 0 Å². The fourth-order valence-corrected chi connectivity index (χ4v) is 3.48. The summed E-state index contributed by atoms with van der Waals surface area (Å²) < 4.78 is 5.24. The average molecular weight is 360 g/mol. The third-order valence-corrected chi connectivity index (χ3v) is 5.08. The van der Waals surface area contributed by atoms with Gasteiger partial charge in [0, 0.05) is 23.7 Å². The molecule has 4 heteroatoms. The second-order valence-corrected chi connectivity index (χ2v) is 7.34. The topological polar surface area (TPSA) is 42.4 Å². The Morgan fingerprint density at radius 3 is 2.52 bits per heavy atom. The van der Waals surface area contributed by atoms with E-state index in [2.05, 4.69) is 11.1 Å². The van der Waals surface area contributed by atoms with Crippen LogP contribution in [0.2, 0.25) is 0 Å². The van der Waals surface area contributed by atoms with Crippen LogP contribution in [-0.4, -0.2) is 28.9 Å². The molecule has 1 aliphatic rings. The number of pyridine rings is 1. The maximum atomic E-state index is 13.5. The lowest BCUT2D eigenvalue weighted by Crippen LogP contribution is -2.32. The molecular weight excluding hydrogens is 336 g/mol. The predicted molar refractivity (Wildman–Crippen MR) is 107 cm³/mol. The number of hydrogen-bond donors (Lipinski definition) is 0. The number of methoxy groups -OCH3 is 1. The highest BCUT2D eigenvalue weighted by molar-refractivity contribution is 6.06. The number of nitrogens with zero attached hydrogens (tertiary/aromatic N) is 2. The minimum absolute atomic E-state index is 0.0921. The molecule has 1 aliphatic carbocycles. The highest BCUT2D eigenvalue weighted by Gasteiger charge is 2.33. The second kappa shape index (κ2) is 7.03. The van der Waals surface area contributed by atoms with Crippen molar-refractivity contribution >= 4 is 16.8 Å². The van der Waals surface area contributed by atoms with E-state index in [1.54, 1.807) is 7.11 Å². The molecule has 2 aromatic carbocycles. The first kappa shape index (κ1) is 17.5. The van der Waals surface area contributed by atoms with Crippen LogP contribution in [0.25, 0.3) is 10.9 Å². The van der Waals surface area contributed by atoms with Gasteiger partial charge in [-0.2, -0.15) is 0 Å². The maximum absolute atomic E-state index is 13.5. The van der Waals surface area contributed by atoms with Gasteiger partial charge in [0.2, 0.25) is 0 Å². The molecule has 0 N–H and O–H groups in total. The van der Waals surface area contributed by atoms with Gasteiger partial charge in [-0.05, 0) is 62.6 Å². The lowest BCUT2D eigenvalue weighted by atomic mass is 10.0. The third kappa shape index (κ3) is 3.65. The molecule has 1 aromatic heterocycles. The Morgan fingerprint density at radius 1 is 1.11 bits per heavy atom. The number of rotatable bonds is 5. The molecule has 4 nitrogen and oxygen atoms in total. The zero-order chi connectivity index (χ0) is 19.0. The van der Waals surface area contributed by atoms with Crippen LogP contribution in [0.4, 0.5) is 0 Å². The number of fused-ring (bicyclic) bond motifs is 1. The summed E-state index contributed by atoms with van der Waals surface area (Å²) in [5, 5.41) is 0.936. The van der Waals surface area contributed by atoms with Gasteiger partial charge in [0.15, 0.2) is 0 Å². The van der Waals surface area contributed by atoms with Crippen LogP contribution in [0.5, 0.6) is 5.75 Å². The molecule has 0 aliphatic heterocycles. The minimum atomic E-state index is 0.0921. The Morgan fingerprint density at radius 2 is 1.85 bits per heavy atom. The van der Waals surface area contributed by atoms with E-state index in [1.807, 2.05) is 61.2 Å². The van der Waals surface area contributed by atoms with Gasteiger partial charge in [0.05, 0.1) is 18.2 Å². The van der Waals surface area contributed by atoms with Crippen molar-refractivity contribution in [1.29, 1.82) is 0 Å². The van der Waals surface area contributed by atoms with Gasteiger partial charge in [-0.3, -0.25) is 9.78 Å². The lowest BCUT2D eigenvalue weighted by molar-refractivity contribution is 0.0732. The number of carbonyl (C=O) groups is 1. The van der Waals surface area contributed by atoms with Crippen molar-refractivity contribution in [2.45, 2.75) is 39.3 Å². The van der Waals surface area contributed by atoms with Gasteiger partial charge < -0.3 is 9.64 Å². The average Bonchev–Trinajstić information content (AvgIpc) is 3.51. The quantitative estimate of drug-likeness (QED) is 0.664. The van der Waals surface area contributed by atoms with E-state index in [-0.39, 0.29) is 5.91 Å². The number of aryl methyl sites for hydroxylation is 2. The van der Waals surface area contributed by atoms with Gasteiger partial charge in [-0.25, -0.2) is 0 Å². The number of ether oxygens (including phenoxy) is 1. The normalized spacial score (nSPS) is 13.6. The summed E-state index contributed by atoms with van der Waals surface area (Å²) in [6.07, 6.45) is 2.14. The van der Waals surface area contributed by atoms with Crippen molar-refractivity contribution in [1.82, 2.24) is 9.88 Å². The summed E-state index contributed by atoms with van der Waals surface area (Å²) in [5.41, 5.74) is 4.75. The summed E-state index contributed by atoms with van der Waals surface area (Å²) in [7, 11) is 1.66. The monoisotopic (exact) mass is 360 g/mol. The van der Waals surface area contributed by atoms with Gasteiger partial charge in [-0.1, -0.05) is 23.8 Å². The number of amides is 1. The van der Waals surface area contributed by atoms with Crippen LogP contribution in [0, 0.1) is 13.8 Å². The molecule has 1 heterocycles. The Labute approximate surface area is 159 Å². The first-order chi connectivity index (χ1) is 13.0. The lowest BCUT2D eigenvalue weighted by Gasteiger charge is -2.24. The summed E-state index contributed by atoms with van der Waals surface area (Å²) >= 11 is 0. The highest BCUT2D eigenvalue weighted by Crippen LogP contribution is 2.32. The minimum Gasteiger partial charge on any atom is -0.497 e. The van der Waals surface area contributed by atoms with E-state index in [1.165, 1.54) is 0 Å². The molecule has 1 amide bonds. The van der Waals surface area contributed by atoms with E-state index in [9.17, 15) is 4.79 Å². The highest BCUT2D eigenvalue weighted by atomic mass is 16.5. The van der Waals surface area contributed by atoms with Crippen molar-refractivity contribution in [3.05, 3.63) is 70.9 Å².